The molecule has 0 spiro atoms. The van der Waals surface area contributed by atoms with Crippen molar-refractivity contribution in [2.75, 3.05) is 11.5 Å². The average Bonchev–Trinajstić information content (AvgIpc) is 3.39. The molecule has 3 aromatic rings. The predicted octanol–water partition coefficient (Wildman–Crippen LogP) is 0.0345. The summed E-state index contributed by atoms with van der Waals surface area (Å²) in [5.41, 5.74) is 0.239. The minimum atomic E-state index is -1.41. The molecule has 16 nitrogen and oxygen atoms in total. The van der Waals surface area contributed by atoms with Crippen molar-refractivity contribution in [2.24, 2.45) is 7.05 Å². The first-order valence-electron chi connectivity index (χ1n) is 12.4. The number of thioether (sulfide) groups is 2. The van der Waals surface area contributed by atoms with Crippen LogP contribution in [0.3, 0.4) is 0 Å². The molecule has 2 aliphatic heterocycles. The number of rotatable bonds is 9. The van der Waals surface area contributed by atoms with Gasteiger partial charge in [0.15, 0.2) is 17.2 Å². The van der Waals surface area contributed by atoms with Gasteiger partial charge in [0.05, 0.1) is 0 Å². The molecule has 224 valence electrons. The van der Waals surface area contributed by atoms with Gasteiger partial charge in [0.2, 0.25) is 11.1 Å². The number of tetrazole rings is 1. The summed E-state index contributed by atoms with van der Waals surface area (Å²) >= 11 is 2.47. The van der Waals surface area contributed by atoms with Crippen molar-refractivity contribution in [1.82, 2.24) is 35.7 Å². The van der Waals surface area contributed by atoms with E-state index in [0.717, 1.165) is 17.0 Å². The Labute approximate surface area is 250 Å². The van der Waals surface area contributed by atoms with E-state index in [1.807, 2.05) is 0 Å². The number of hydrogen-bond acceptors (Lipinski definition) is 13. The average molecular weight is 630 g/mol. The van der Waals surface area contributed by atoms with Gasteiger partial charge in [0.1, 0.15) is 28.9 Å². The smallest absolute Gasteiger partial charge is 0.352 e. The summed E-state index contributed by atoms with van der Waals surface area (Å²) in [5, 5.41) is 64.7. The largest absolute Gasteiger partial charge is 0.508 e. The van der Waals surface area contributed by atoms with Crippen LogP contribution in [0.1, 0.15) is 22.0 Å². The van der Waals surface area contributed by atoms with Crippen molar-refractivity contribution < 1.29 is 44.7 Å². The number of carboxylic acids is 1. The summed E-state index contributed by atoms with van der Waals surface area (Å²) in [6.45, 7) is 0. The number of phenolic OH excluding ortho intramolecular Hbond substituents is 4. The maximum atomic E-state index is 13.5. The molecule has 0 bridgehead atoms. The lowest BCUT2D eigenvalue weighted by atomic mass is 10.0. The lowest BCUT2D eigenvalue weighted by Crippen LogP contribution is -2.71. The summed E-state index contributed by atoms with van der Waals surface area (Å²) in [7, 11) is 1.64. The second kappa shape index (κ2) is 11.7. The molecule has 5 rings (SSSR count). The van der Waals surface area contributed by atoms with Crippen molar-refractivity contribution in [3.63, 3.8) is 0 Å². The molecule has 0 aliphatic carbocycles. The Bertz CT molecular complexity index is 1640. The Balaban J connectivity index is 1.34. The quantitative estimate of drug-likeness (QED) is 0.0939. The van der Waals surface area contributed by atoms with Crippen LogP contribution in [0.5, 0.6) is 23.0 Å². The number of phenols is 4. The molecule has 2 unspecified atom stereocenters. The highest BCUT2D eigenvalue weighted by molar-refractivity contribution is 8.01. The number of fused-ring (bicyclic) bond motifs is 1. The van der Waals surface area contributed by atoms with Crippen molar-refractivity contribution >= 4 is 47.2 Å². The number of nitrogens with one attached hydrogen (secondary N) is 2. The molecule has 43 heavy (non-hydrogen) atoms. The molecule has 2 aromatic carbocycles. The van der Waals surface area contributed by atoms with Gasteiger partial charge in [-0.25, -0.2) is 9.48 Å². The van der Waals surface area contributed by atoms with Gasteiger partial charge < -0.3 is 36.2 Å². The number of aromatic nitrogens is 4. The van der Waals surface area contributed by atoms with E-state index >= 15 is 0 Å². The monoisotopic (exact) mass is 629 g/mol. The molecule has 0 saturated carbocycles. The number of aromatic hydroxyl groups is 4. The van der Waals surface area contributed by atoms with Crippen LogP contribution in [0.4, 0.5) is 0 Å². The Hall–Kier alpha value is -4.97. The zero-order valence-electron chi connectivity index (χ0n) is 22.0. The molecule has 0 radical (unpaired) electrons. The minimum Gasteiger partial charge on any atom is -0.508 e. The van der Waals surface area contributed by atoms with Crippen LogP contribution in [0.15, 0.2) is 52.8 Å². The molecule has 2 aliphatic rings. The third-order valence-corrected chi connectivity index (χ3v) is 9.04. The number of carbonyl (C=O) groups excluding carboxylic acids is 3. The lowest BCUT2D eigenvalue weighted by Gasteiger charge is -2.49. The summed E-state index contributed by atoms with van der Waals surface area (Å²) in [4.78, 5) is 53.0. The number of amides is 3. The Kier molecular flexibility index (Phi) is 8.05. The van der Waals surface area contributed by atoms with Crippen molar-refractivity contribution in [3.8, 4) is 23.0 Å². The van der Waals surface area contributed by atoms with Crippen molar-refractivity contribution in [2.45, 2.75) is 22.6 Å². The molecule has 18 heteroatoms. The molecule has 1 fully saturated rings. The highest BCUT2D eigenvalue weighted by Gasteiger charge is 2.54. The van der Waals surface area contributed by atoms with Crippen molar-refractivity contribution in [3.05, 3.63) is 58.8 Å². The number of carbonyl (C=O) groups is 4. The first-order valence-corrected chi connectivity index (χ1v) is 14.4. The van der Waals surface area contributed by atoms with E-state index in [1.165, 1.54) is 52.5 Å². The molecule has 1 saturated heterocycles. The SMILES string of the molecule is Cn1nnnc1SCC1=C(C(=O)O)N2C(=O)C(NC(=O)C(NC(=O)c3cc(O)c(O)c(O)c3)c3ccc(O)cc3)[C@H]2SC1. The zero-order valence-corrected chi connectivity index (χ0v) is 23.7. The van der Waals surface area contributed by atoms with E-state index in [4.69, 9.17) is 0 Å². The number of carboxylic acid groups (broad SMARTS) is 1. The molecule has 3 atom stereocenters. The third kappa shape index (κ3) is 5.73. The summed E-state index contributed by atoms with van der Waals surface area (Å²) in [6.07, 6.45) is 0. The number of aliphatic carboxylic acids is 1. The van der Waals surface area contributed by atoms with Crippen LogP contribution < -0.4 is 10.6 Å². The lowest BCUT2D eigenvalue weighted by molar-refractivity contribution is -0.151. The van der Waals surface area contributed by atoms with E-state index in [1.54, 1.807) is 7.05 Å². The van der Waals surface area contributed by atoms with Gasteiger partial charge in [0.25, 0.3) is 11.8 Å². The number of aryl methyl sites for hydroxylation is 1. The van der Waals surface area contributed by atoms with Crippen LogP contribution in [0.25, 0.3) is 0 Å². The van der Waals surface area contributed by atoms with E-state index in [2.05, 4.69) is 26.2 Å². The minimum absolute atomic E-state index is 0.108. The first-order chi connectivity index (χ1) is 20.5. The fraction of sp³-hybridized carbons (Fsp3) is 0.240. The highest BCUT2D eigenvalue weighted by Crippen LogP contribution is 2.42. The normalized spacial score (nSPS) is 18.4. The van der Waals surface area contributed by atoms with Crippen LogP contribution >= 0.6 is 23.5 Å². The second-order valence-corrected chi connectivity index (χ2v) is 11.4. The highest BCUT2D eigenvalue weighted by atomic mass is 32.2. The zero-order chi connectivity index (χ0) is 31.0. The Morgan fingerprint density at radius 1 is 1.12 bits per heavy atom. The fourth-order valence-corrected chi connectivity index (χ4v) is 6.78. The van der Waals surface area contributed by atoms with Gasteiger partial charge in [-0.1, -0.05) is 23.9 Å². The maximum absolute atomic E-state index is 13.5. The number of hydrogen-bond donors (Lipinski definition) is 7. The van der Waals surface area contributed by atoms with Gasteiger partial charge in [-0.3, -0.25) is 19.3 Å². The topological polar surface area (TPSA) is 240 Å². The predicted molar refractivity (Wildman–Crippen MR) is 149 cm³/mol. The van der Waals surface area contributed by atoms with Gasteiger partial charge in [-0.2, -0.15) is 0 Å². The van der Waals surface area contributed by atoms with Gasteiger partial charge in [0, 0.05) is 24.1 Å². The maximum Gasteiger partial charge on any atom is 0.352 e. The van der Waals surface area contributed by atoms with Crippen molar-refractivity contribution in [1.29, 1.82) is 0 Å². The molecule has 3 heterocycles. The Morgan fingerprint density at radius 2 is 1.79 bits per heavy atom. The molecular formula is C25H23N7O9S2. The summed E-state index contributed by atoms with van der Waals surface area (Å²) < 4.78 is 1.43. The van der Waals surface area contributed by atoms with Crippen LogP contribution in [-0.4, -0.2) is 97.3 Å². The summed E-state index contributed by atoms with van der Waals surface area (Å²) in [5.74, 6) is -5.68. The van der Waals surface area contributed by atoms with Crippen LogP contribution in [0.2, 0.25) is 0 Å². The first kappa shape index (κ1) is 29.5. The molecular weight excluding hydrogens is 606 g/mol. The third-order valence-electron chi connectivity index (χ3n) is 6.60. The number of benzene rings is 2. The standard InChI is InChI=1S/C25H23N7O9S2/c1-31-25(28-29-30-31)43-9-12-8-42-23-17(22(39)32(23)18(12)24(40)41)27-21(38)16(10-2-4-13(33)5-3-10)26-20(37)11-6-14(34)19(36)15(35)7-11/h2-7,16-17,23,33-36H,8-9H2,1H3,(H,26,37)(H,27,38)(H,40,41)/t16?,17?,23-/m1/s1. The fourth-order valence-electron chi connectivity index (χ4n) is 4.44. The molecule has 3 amide bonds. The Morgan fingerprint density at radius 3 is 2.40 bits per heavy atom. The van der Waals surface area contributed by atoms with Crippen LogP contribution in [-0.2, 0) is 21.4 Å². The molecule has 7 N–H and O–H groups in total. The summed E-state index contributed by atoms with van der Waals surface area (Å²) in [6, 6.07) is 4.57. The number of β-lactam (4-membered cyclic amide) rings is 1. The van der Waals surface area contributed by atoms with Gasteiger partial charge in [-0.05, 0) is 45.8 Å². The van der Waals surface area contributed by atoms with Gasteiger partial charge >= 0.3 is 5.97 Å². The van der Waals surface area contributed by atoms with E-state index in [9.17, 15) is 44.7 Å². The van der Waals surface area contributed by atoms with E-state index in [-0.39, 0.29) is 34.1 Å². The van der Waals surface area contributed by atoms with Crippen LogP contribution in [0, 0.1) is 0 Å². The second-order valence-electron chi connectivity index (χ2n) is 9.39. The number of nitrogens with zero attached hydrogens (tertiary/aromatic N) is 5. The van der Waals surface area contributed by atoms with E-state index in [0.29, 0.717) is 10.7 Å². The molecule has 1 aromatic heterocycles. The van der Waals surface area contributed by atoms with E-state index < -0.39 is 58.4 Å². The van der Waals surface area contributed by atoms with Gasteiger partial charge in [-0.15, -0.1) is 16.9 Å².